The lowest BCUT2D eigenvalue weighted by Crippen LogP contribution is -2.50. The van der Waals surface area contributed by atoms with Crippen molar-refractivity contribution in [3.63, 3.8) is 0 Å². The van der Waals surface area contributed by atoms with E-state index < -0.39 is 0 Å². The molecule has 0 unspecified atom stereocenters. The fourth-order valence-electron chi connectivity index (χ4n) is 4.28. The quantitative estimate of drug-likeness (QED) is 0.336. The zero-order valence-corrected chi connectivity index (χ0v) is 20.2. The highest BCUT2D eigenvalue weighted by Gasteiger charge is 2.22. The molecule has 4 rings (SSSR count). The summed E-state index contributed by atoms with van der Waals surface area (Å²) in [6, 6.07) is 11.2. The number of rotatable bonds is 6. The lowest BCUT2D eigenvalue weighted by atomic mass is 10.1. The minimum absolute atomic E-state index is 0. The van der Waals surface area contributed by atoms with E-state index in [-0.39, 0.29) is 24.0 Å². The molecule has 3 heterocycles. The summed E-state index contributed by atoms with van der Waals surface area (Å²) in [5, 5.41) is 7.38. The first kappa shape index (κ1) is 22.9. The van der Waals surface area contributed by atoms with Gasteiger partial charge in [-0.1, -0.05) is 18.9 Å². The van der Waals surface area contributed by atoms with Gasteiger partial charge in [-0.25, -0.2) is 4.98 Å². The van der Waals surface area contributed by atoms with Crippen LogP contribution in [0.15, 0.2) is 46.0 Å². The first-order valence-corrected chi connectivity index (χ1v) is 11.0. The van der Waals surface area contributed by atoms with Crippen LogP contribution >= 0.6 is 24.0 Å². The normalized spacial score (nSPS) is 18.3. The van der Waals surface area contributed by atoms with E-state index in [1.165, 1.54) is 25.7 Å². The second-order valence-electron chi connectivity index (χ2n) is 8.23. The van der Waals surface area contributed by atoms with Crippen LogP contribution in [0.1, 0.15) is 50.0 Å². The molecule has 1 aliphatic carbocycles. The maximum Gasteiger partial charge on any atom is 0.191 e. The molecule has 1 saturated carbocycles. The van der Waals surface area contributed by atoms with Crippen molar-refractivity contribution in [1.29, 1.82) is 0 Å². The van der Waals surface area contributed by atoms with E-state index in [4.69, 9.17) is 9.41 Å². The maximum absolute atomic E-state index is 5.44. The maximum atomic E-state index is 5.44. The van der Waals surface area contributed by atoms with Gasteiger partial charge in [0.15, 0.2) is 5.96 Å². The van der Waals surface area contributed by atoms with Gasteiger partial charge in [-0.05, 0) is 56.9 Å². The summed E-state index contributed by atoms with van der Waals surface area (Å²) in [6.07, 6.45) is 9.89. The molecule has 2 N–H and O–H groups in total. The number of aromatic nitrogens is 1. The van der Waals surface area contributed by atoms with Gasteiger partial charge in [0, 0.05) is 43.8 Å². The number of aryl methyl sites for hydroxylation is 1. The topological polar surface area (TPSA) is 65.7 Å². The van der Waals surface area contributed by atoms with E-state index in [0.717, 1.165) is 62.1 Å². The summed E-state index contributed by atoms with van der Waals surface area (Å²) in [4.78, 5) is 11.9. The lowest BCUT2D eigenvalue weighted by Gasteiger charge is -2.34. The molecule has 2 aromatic rings. The fourth-order valence-corrected chi connectivity index (χ4v) is 4.28. The molecule has 1 saturated heterocycles. The van der Waals surface area contributed by atoms with E-state index >= 15 is 0 Å². The number of furan rings is 1. The molecule has 164 valence electrons. The van der Waals surface area contributed by atoms with Crippen molar-refractivity contribution in [3.8, 4) is 0 Å². The monoisotopic (exact) mass is 523 g/mol. The van der Waals surface area contributed by atoms with Gasteiger partial charge in [-0.2, -0.15) is 0 Å². The average Bonchev–Trinajstić information content (AvgIpc) is 3.43. The third-order valence-corrected chi connectivity index (χ3v) is 5.94. The number of pyridine rings is 1. The molecule has 0 bridgehead atoms. The van der Waals surface area contributed by atoms with Crippen LogP contribution in [-0.4, -0.2) is 42.7 Å². The minimum Gasteiger partial charge on any atom is -0.469 e. The van der Waals surface area contributed by atoms with Crippen molar-refractivity contribution in [2.24, 2.45) is 4.99 Å². The van der Waals surface area contributed by atoms with Crippen LogP contribution in [0, 0.1) is 6.92 Å². The summed E-state index contributed by atoms with van der Waals surface area (Å²) >= 11 is 0. The molecule has 30 heavy (non-hydrogen) atoms. The summed E-state index contributed by atoms with van der Waals surface area (Å²) in [5.74, 6) is 3.06. The number of hydrogen-bond donors (Lipinski definition) is 2. The smallest absolute Gasteiger partial charge is 0.191 e. The van der Waals surface area contributed by atoms with Gasteiger partial charge in [0.2, 0.25) is 0 Å². The van der Waals surface area contributed by atoms with E-state index in [1.807, 2.05) is 12.1 Å². The Hall–Kier alpha value is -1.77. The second-order valence-corrected chi connectivity index (χ2v) is 8.23. The van der Waals surface area contributed by atoms with E-state index in [9.17, 15) is 0 Å². The second kappa shape index (κ2) is 11.6. The number of nitrogens with one attached hydrogen (secondary N) is 2. The van der Waals surface area contributed by atoms with Gasteiger partial charge in [0.1, 0.15) is 11.6 Å². The number of halogens is 1. The molecular weight excluding hydrogens is 489 g/mol. The molecule has 0 spiro atoms. The predicted molar refractivity (Wildman–Crippen MR) is 133 cm³/mol. The summed E-state index contributed by atoms with van der Waals surface area (Å²) in [5.41, 5.74) is 1.08. The number of piperidine rings is 1. The van der Waals surface area contributed by atoms with Crippen LogP contribution in [0.3, 0.4) is 0 Å². The summed E-state index contributed by atoms with van der Waals surface area (Å²) in [7, 11) is 0. The Morgan fingerprint density at radius 2 is 1.80 bits per heavy atom. The molecule has 7 heteroatoms. The van der Waals surface area contributed by atoms with Crippen LogP contribution in [0.25, 0.3) is 0 Å². The Kier molecular flexibility index (Phi) is 8.84. The van der Waals surface area contributed by atoms with Crippen molar-refractivity contribution >= 4 is 35.8 Å². The molecule has 2 fully saturated rings. The van der Waals surface area contributed by atoms with E-state index in [2.05, 4.69) is 45.6 Å². The molecule has 6 nitrogen and oxygen atoms in total. The minimum atomic E-state index is 0. The molecule has 2 aliphatic rings. The van der Waals surface area contributed by atoms with Crippen molar-refractivity contribution in [1.82, 2.24) is 15.6 Å². The number of aliphatic imine (C=N–C) groups is 1. The van der Waals surface area contributed by atoms with Crippen LogP contribution in [0.2, 0.25) is 0 Å². The Bertz CT molecular complexity index is 781. The first-order chi connectivity index (χ1) is 14.3. The Labute approximate surface area is 196 Å². The van der Waals surface area contributed by atoms with Gasteiger partial charge in [-0.15, -0.1) is 24.0 Å². The van der Waals surface area contributed by atoms with E-state index in [1.54, 1.807) is 6.26 Å². The van der Waals surface area contributed by atoms with Crippen molar-refractivity contribution in [2.75, 3.05) is 24.5 Å². The predicted octanol–water partition coefficient (Wildman–Crippen LogP) is 4.29. The van der Waals surface area contributed by atoms with Gasteiger partial charge in [-0.3, -0.25) is 4.99 Å². The number of nitrogens with zero attached hydrogens (tertiary/aromatic N) is 3. The Morgan fingerprint density at radius 3 is 2.47 bits per heavy atom. The molecule has 0 amide bonds. The van der Waals surface area contributed by atoms with Crippen LogP contribution in [0.5, 0.6) is 0 Å². The Balaban J connectivity index is 0.00000256. The zero-order valence-electron chi connectivity index (χ0n) is 17.8. The molecular formula is C23H34IN5O. The highest BCUT2D eigenvalue weighted by atomic mass is 127. The molecule has 0 radical (unpaired) electrons. The third-order valence-electron chi connectivity index (χ3n) is 5.94. The number of anilines is 1. The molecule has 0 atom stereocenters. The van der Waals surface area contributed by atoms with Crippen molar-refractivity contribution in [2.45, 2.75) is 64.0 Å². The van der Waals surface area contributed by atoms with Crippen LogP contribution in [0.4, 0.5) is 5.82 Å². The number of guanidine groups is 1. The highest BCUT2D eigenvalue weighted by molar-refractivity contribution is 14.0. The zero-order chi connectivity index (χ0) is 19.9. The fraction of sp³-hybridized carbons (Fsp3) is 0.565. The molecule has 2 aromatic heterocycles. The van der Waals surface area contributed by atoms with Crippen molar-refractivity contribution < 1.29 is 4.42 Å². The van der Waals surface area contributed by atoms with Gasteiger partial charge < -0.3 is 20.0 Å². The van der Waals surface area contributed by atoms with Crippen LogP contribution < -0.4 is 15.5 Å². The Morgan fingerprint density at radius 1 is 1.07 bits per heavy atom. The van der Waals surface area contributed by atoms with Gasteiger partial charge in [0.25, 0.3) is 0 Å². The first-order valence-electron chi connectivity index (χ1n) is 11.0. The third kappa shape index (κ3) is 6.62. The van der Waals surface area contributed by atoms with Gasteiger partial charge in [0.05, 0.1) is 6.26 Å². The summed E-state index contributed by atoms with van der Waals surface area (Å²) in [6.45, 7) is 4.84. The van der Waals surface area contributed by atoms with Crippen molar-refractivity contribution in [3.05, 3.63) is 48.0 Å². The highest BCUT2D eigenvalue weighted by Crippen LogP contribution is 2.19. The largest absolute Gasteiger partial charge is 0.469 e. The molecule has 1 aliphatic heterocycles. The SMILES string of the molecule is Cc1cccc(N2CCC(NC(=NCCc3ccco3)NC3CCCC3)CC2)n1.I. The van der Waals surface area contributed by atoms with Gasteiger partial charge >= 0.3 is 0 Å². The van der Waals surface area contributed by atoms with Crippen LogP contribution in [-0.2, 0) is 6.42 Å². The lowest BCUT2D eigenvalue weighted by molar-refractivity contribution is 0.454. The number of hydrogen-bond acceptors (Lipinski definition) is 4. The average molecular weight is 523 g/mol. The standard InChI is InChI=1S/C23H33N5O.HI/c1-18-6-4-10-22(25-18)28-15-12-20(13-16-28)27-23(26-19-7-2-3-8-19)24-14-11-21-9-5-17-29-21;/h4-6,9-10,17,19-20H,2-3,7-8,11-16H2,1H3,(H2,24,26,27);1H. The van der Waals surface area contributed by atoms with E-state index in [0.29, 0.717) is 12.1 Å². The molecule has 0 aromatic carbocycles. The summed E-state index contributed by atoms with van der Waals surface area (Å²) < 4.78 is 5.44.